The SMILES string of the molecule is CC(C)(C)/[N+]([O-])=N/Nc1ccccc1. The molecule has 0 heterocycles. The van der Waals surface area contributed by atoms with E-state index in [1.165, 1.54) is 0 Å². The zero-order chi connectivity index (χ0) is 10.6. The van der Waals surface area contributed by atoms with Crippen LogP contribution in [-0.4, -0.2) is 10.4 Å². The Morgan fingerprint density at radius 3 is 2.29 bits per heavy atom. The molecule has 0 fully saturated rings. The van der Waals surface area contributed by atoms with E-state index < -0.39 is 5.54 Å². The highest BCUT2D eigenvalue weighted by atomic mass is 16.5. The molecule has 0 saturated carbocycles. The Balaban J connectivity index is 2.65. The lowest BCUT2D eigenvalue weighted by Gasteiger charge is -2.20. The molecule has 1 aromatic rings. The standard InChI is InChI=1S/C10H15N3O/c1-10(2,3)13(14)12-11-9-7-5-4-6-8-9/h4-8,11H,1-3H3/b13-12-. The number of nitrogens with one attached hydrogen (secondary N) is 1. The average Bonchev–Trinajstić information content (AvgIpc) is 2.14. The van der Waals surface area contributed by atoms with Crippen LogP contribution in [-0.2, 0) is 0 Å². The van der Waals surface area contributed by atoms with Gasteiger partial charge in [-0.1, -0.05) is 18.2 Å². The Kier molecular flexibility index (Phi) is 3.06. The molecule has 0 amide bonds. The molecule has 0 unspecified atom stereocenters. The van der Waals surface area contributed by atoms with Crippen molar-refractivity contribution < 1.29 is 4.86 Å². The van der Waals surface area contributed by atoms with Crippen LogP contribution in [0.5, 0.6) is 0 Å². The van der Waals surface area contributed by atoms with E-state index in [-0.39, 0.29) is 0 Å². The number of hydrogen-bond donors (Lipinski definition) is 1. The lowest BCUT2D eigenvalue weighted by atomic mass is 10.1. The van der Waals surface area contributed by atoms with Crippen molar-refractivity contribution in [3.8, 4) is 0 Å². The third kappa shape index (κ3) is 3.05. The van der Waals surface area contributed by atoms with Crippen LogP contribution in [0.4, 0.5) is 5.69 Å². The predicted octanol–water partition coefficient (Wildman–Crippen LogP) is 2.77. The number of rotatable bonds is 2. The fourth-order valence-electron chi connectivity index (χ4n) is 0.766. The summed E-state index contributed by atoms with van der Waals surface area (Å²) in [5.41, 5.74) is 2.98. The Morgan fingerprint density at radius 2 is 1.79 bits per heavy atom. The van der Waals surface area contributed by atoms with Crippen molar-refractivity contribution in [1.82, 2.24) is 0 Å². The smallest absolute Gasteiger partial charge is 0.146 e. The molecule has 0 aliphatic carbocycles. The molecule has 14 heavy (non-hydrogen) atoms. The molecule has 1 rings (SSSR count). The van der Waals surface area contributed by atoms with Gasteiger partial charge >= 0.3 is 0 Å². The van der Waals surface area contributed by atoms with E-state index in [2.05, 4.69) is 10.6 Å². The minimum absolute atomic E-state index is 0.512. The van der Waals surface area contributed by atoms with E-state index >= 15 is 0 Å². The van der Waals surface area contributed by atoms with Crippen LogP contribution in [0.15, 0.2) is 35.6 Å². The number of benzene rings is 1. The van der Waals surface area contributed by atoms with Gasteiger partial charge in [0.2, 0.25) is 0 Å². The molecule has 0 spiro atoms. The molecule has 0 aliphatic rings. The third-order valence-electron chi connectivity index (χ3n) is 1.62. The van der Waals surface area contributed by atoms with Crippen molar-refractivity contribution >= 4 is 5.69 Å². The number of hydroxylamine groups is 1. The highest BCUT2D eigenvalue weighted by Crippen LogP contribution is 2.08. The molecule has 0 aliphatic heterocycles. The lowest BCUT2D eigenvalue weighted by Crippen LogP contribution is -2.27. The van der Waals surface area contributed by atoms with Gasteiger partial charge in [-0.3, -0.25) is 0 Å². The Morgan fingerprint density at radius 1 is 1.21 bits per heavy atom. The predicted molar refractivity (Wildman–Crippen MR) is 55.9 cm³/mol. The van der Waals surface area contributed by atoms with Gasteiger partial charge in [0.25, 0.3) is 0 Å². The summed E-state index contributed by atoms with van der Waals surface area (Å²) in [6.45, 7) is 5.41. The van der Waals surface area contributed by atoms with Crippen molar-refractivity contribution in [2.24, 2.45) is 5.22 Å². The summed E-state index contributed by atoms with van der Waals surface area (Å²) < 4.78 is 0. The monoisotopic (exact) mass is 193 g/mol. The summed E-state index contributed by atoms with van der Waals surface area (Å²) in [7, 11) is 0. The number of hydrogen-bond acceptors (Lipinski definition) is 2. The van der Waals surface area contributed by atoms with E-state index in [1.807, 2.05) is 30.3 Å². The van der Waals surface area contributed by atoms with Crippen LogP contribution in [0.1, 0.15) is 20.8 Å². The van der Waals surface area contributed by atoms with Gasteiger partial charge in [0.15, 0.2) is 0 Å². The van der Waals surface area contributed by atoms with Gasteiger partial charge in [0.05, 0.1) is 5.22 Å². The zero-order valence-electron chi connectivity index (χ0n) is 8.69. The van der Waals surface area contributed by atoms with Crippen LogP contribution < -0.4 is 5.43 Å². The minimum Gasteiger partial charge on any atom is -0.695 e. The van der Waals surface area contributed by atoms with Crippen LogP contribution in [0.2, 0.25) is 0 Å². The summed E-state index contributed by atoms with van der Waals surface area (Å²) in [5.74, 6) is 0. The normalized spacial score (nSPS) is 12.6. The highest BCUT2D eigenvalue weighted by Gasteiger charge is 2.15. The van der Waals surface area contributed by atoms with Gasteiger partial charge in [-0.15, -0.1) is 5.43 Å². The van der Waals surface area contributed by atoms with E-state index in [0.717, 1.165) is 5.69 Å². The maximum Gasteiger partial charge on any atom is 0.146 e. The molecule has 4 nitrogen and oxygen atoms in total. The second-order valence-corrected chi connectivity index (χ2v) is 4.02. The quantitative estimate of drug-likeness (QED) is 0.446. The first kappa shape index (κ1) is 10.5. The molecule has 0 bridgehead atoms. The van der Waals surface area contributed by atoms with Crippen molar-refractivity contribution in [1.29, 1.82) is 0 Å². The number of anilines is 1. The molecule has 0 aromatic heterocycles. The third-order valence-corrected chi connectivity index (χ3v) is 1.62. The Bertz CT molecular complexity index is 314. The number of nitrogens with zero attached hydrogens (tertiary/aromatic N) is 2. The molecule has 76 valence electrons. The summed E-state index contributed by atoms with van der Waals surface area (Å²) in [5, 5.41) is 15.0. The maximum atomic E-state index is 11.3. The zero-order valence-corrected chi connectivity index (χ0v) is 8.69. The average molecular weight is 193 g/mol. The number of para-hydroxylation sites is 1. The molecule has 4 heteroatoms. The van der Waals surface area contributed by atoms with Gasteiger partial charge in [-0.25, -0.2) is 0 Å². The van der Waals surface area contributed by atoms with Crippen LogP contribution in [0.25, 0.3) is 0 Å². The summed E-state index contributed by atoms with van der Waals surface area (Å²) in [4.78, 5) is 0.653. The Labute approximate surface area is 83.8 Å². The van der Waals surface area contributed by atoms with E-state index in [1.54, 1.807) is 20.8 Å². The van der Waals surface area contributed by atoms with Crippen LogP contribution in [0.3, 0.4) is 0 Å². The molecular formula is C10H15N3O. The largest absolute Gasteiger partial charge is 0.695 e. The summed E-state index contributed by atoms with van der Waals surface area (Å²) in [6.07, 6.45) is 0. The fraction of sp³-hybridized carbons (Fsp3) is 0.400. The first-order chi connectivity index (χ1) is 6.50. The van der Waals surface area contributed by atoms with Crippen molar-refractivity contribution in [3.63, 3.8) is 0 Å². The molecule has 0 atom stereocenters. The summed E-state index contributed by atoms with van der Waals surface area (Å²) >= 11 is 0. The van der Waals surface area contributed by atoms with Crippen LogP contribution >= 0.6 is 0 Å². The van der Waals surface area contributed by atoms with Gasteiger partial charge in [0, 0.05) is 0 Å². The van der Waals surface area contributed by atoms with Crippen molar-refractivity contribution in [2.45, 2.75) is 26.3 Å². The van der Waals surface area contributed by atoms with Crippen LogP contribution in [0, 0.1) is 5.21 Å². The molecular weight excluding hydrogens is 178 g/mol. The topological polar surface area (TPSA) is 50.5 Å². The minimum atomic E-state index is -0.512. The van der Waals surface area contributed by atoms with Gasteiger partial charge in [-0.2, -0.15) is 4.86 Å². The highest BCUT2D eigenvalue weighted by molar-refractivity contribution is 5.40. The second kappa shape index (κ2) is 4.09. The molecule has 1 aromatic carbocycles. The van der Waals surface area contributed by atoms with Gasteiger partial charge in [-0.05, 0) is 32.9 Å². The summed E-state index contributed by atoms with van der Waals surface area (Å²) in [6, 6.07) is 9.36. The second-order valence-electron chi connectivity index (χ2n) is 4.02. The van der Waals surface area contributed by atoms with E-state index in [9.17, 15) is 5.21 Å². The van der Waals surface area contributed by atoms with Crippen molar-refractivity contribution in [3.05, 3.63) is 35.5 Å². The molecule has 1 N–H and O–H groups in total. The van der Waals surface area contributed by atoms with Gasteiger partial charge < -0.3 is 5.21 Å². The molecule has 0 saturated heterocycles. The van der Waals surface area contributed by atoms with E-state index in [4.69, 9.17) is 0 Å². The molecule has 0 radical (unpaired) electrons. The lowest BCUT2D eigenvalue weighted by molar-refractivity contribution is -0.597. The maximum absolute atomic E-state index is 11.3. The first-order valence-corrected chi connectivity index (χ1v) is 4.49. The Hall–Kier alpha value is -1.58. The van der Waals surface area contributed by atoms with Crippen molar-refractivity contribution in [2.75, 3.05) is 5.43 Å². The van der Waals surface area contributed by atoms with E-state index in [0.29, 0.717) is 4.86 Å². The fourth-order valence-corrected chi connectivity index (χ4v) is 0.766. The first-order valence-electron chi connectivity index (χ1n) is 4.49. The van der Waals surface area contributed by atoms with Gasteiger partial charge in [0.1, 0.15) is 11.2 Å².